The minimum Gasteiger partial charge on any atom is -0.352 e. The van der Waals surface area contributed by atoms with Crippen molar-refractivity contribution in [1.82, 2.24) is 15.7 Å². The lowest BCUT2D eigenvalue weighted by molar-refractivity contribution is -0.154. The molecule has 2 aromatic carbocycles. The van der Waals surface area contributed by atoms with Crippen molar-refractivity contribution in [2.75, 3.05) is 0 Å². The molecule has 0 radical (unpaired) electrons. The number of likely N-dealkylation sites (tertiary alicyclic amines) is 1. The van der Waals surface area contributed by atoms with Gasteiger partial charge in [0.2, 0.25) is 5.91 Å². The first-order valence-electron chi connectivity index (χ1n) is 10.7. The van der Waals surface area contributed by atoms with Gasteiger partial charge in [-0.05, 0) is 62.1 Å². The van der Waals surface area contributed by atoms with Gasteiger partial charge in [0.1, 0.15) is 6.17 Å². The number of carbonyl (C=O) groups excluding carboxylic acids is 2. The standard InChI is InChI=1S/C24H27Cl2N3O3/c1-14(2)29-21(15-7-9-17(25)10-8-15)19(16-5-4-6-18(26)11-16)12-24(3,22(29)30)13-20-27-23(31)32-28-20/h4-11,14,19-21,28H,12-13H2,1-3H3,(H,27,31)/t19-,20?,21-,24-/m1/s1. The van der Waals surface area contributed by atoms with Gasteiger partial charge >= 0.3 is 6.09 Å². The average molecular weight is 476 g/mol. The zero-order valence-electron chi connectivity index (χ0n) is 18.3. The second-order valence-corrected chi connectivity index (χ2v) is 10.0. The van der Waals surface area contributed by atoms with Crippen LogP contribution in [0.5, 0.6) is 0 Å². The Hall–Kier alpha value is -2.28. The first-order valence-corrected chi connectivity index (χ1v) is 11.5. The van der Waals surface area contributed by atoms with Crippen LogP contribution in [0.15, 0.2) is 48.5 Å². The number of benzene rings is 2. The molecule has 0 bridgehead atoms. The van der Waals surface area contributed by atoms with E-state index in [2.05, 4.69) is 16.9 Å². The molecule has 0 aliphatic carbocycles. The summed E-state index contributed by atoms with van der Waals surface area (Å²) in [7, 11) is 0. The summed E-state index contributed by atoms with van der Waals surface area (Å²) in [6, 6.07) is 15.3. The van der Waals surface area contributed by atoms with E-state index in [4.69, 9.17) is 28.0 Å². The quantitative estimate of drug-likeness (QED) is 0.604. The Morgan fingerprint density at radius 2 is 1.81 bits per heavy atom. The van der Waals surface area contributed by atoms with E-state index in [0.29, 0.717) is 22.9 Å². The Kier molecular flexibility index (Phi) is 6.39. The van der Waals surface area contributed by atoms with Crippen molar-refractivity contribution in [2.24, 2.45) is 5.41 Å². The number of hydroxylamine groups is 1. The van der Waals surface area contributed by atoms with Crippen LogP contribution in [0, 0.1) is 5.41 Å². The molecule has 2 aromatic rings. The fourth-order valence-corrected chi connectivity index (χ4v) is 5.33. The Bertz CT molecular complexity index is 1010. The van der Waals surface area contributed by atoms with Crippen molar-refractivity contribution in [2.45, 2.75) is 57.8 Å². The zero-order valence-corrected chi connectivity index (χ0v) is 19.8. The number of hydrogen-bond donors (Lipinski definition) is 2. The lowest BCUT2D eigenvalue weighted by Crippen LogP contribution is -2.56. The molecule has 8 heteroatoms. The molecule has 2 saturated heterocycles. The van der Waals surface area contributed by atoms with Crippen molar-refractivity contribution < 1.29 is 14.4 Å². The summed E-state index contributed by atoms with van der Waals surface area (Å²) in [6.45, 7) is 6.02. The van der Waals surface area contributed by atoms with Crippen LogP contribution < -0.4 is 10.8 Å². The normalized spacial score (nSPS) is 28.1. The van der Waals surface area contributed by atoms with E-state index in [9.17, 15) is 9.59 Å². The predicted octanol–water partition coefficient (Wildman–Crippen LogP) is 5.43. The number of nitrogens with zero attached hydrogens (tertiary/aromatic N) is 1. The molecule has 0 spiro atoms. The predicted molar refractivity (Wildman–Crippen MR) is 124 cm³/mol. The fourth-order valence-electron chi connectivity index (χ4n) is 5.00. The lowest BCUT2D eigenvalue weighted by Gasteiger charge is -2.51. The molecular formula is C24H27Cl2N3O3. The minimum absolute atomic E-state index is 0.00185. The van der Waals surface area contributed by atoms with Crippen molar-refractivity contribution in [3.63, 3.8) is 0 Å². The maximum Gasteiger partial charge on any atom is 0.427 e. The second kappa shape index (κ2) is 8.93. The molecule has 2 amide bonds. The Morgan fingerprint density at radius 3 is 2.41 bits per heavy atom. The highest BCUT2D eigenvalue weighted by Gasteiger charge is 2.51. The first kappa shape index (κ1) is 22.9. The number of piperidine rings is 1. The summed E-state index contributed by atoms with van der Waals surface area (Å²) >= 11 is 12.5. The van der Waals surface area contributed by atoms with Crippen molar-refractivity contribution in [3.05, 3.63) is 69.7 Å². The van der Waals surface area contributed by atoms with E-state index in [0.717, 1.165) is 11.1 Å². The highest BCUT2D eigenvalue weighted by Crippen LogP contribution is 2.52. The molecule has 6 nitrogen and oxygen atoms in total. The summed E-state index contributed by atoms with van der Waals surface area (Å²) in [5.74, 6) is 0.0478. The smallest absolute Gasteiger partial charge is 0.352 e. The number of carbonyl (C=O) groups is 2. The Labute approximate surface area is 198 Å². The zero-order chi connectivity index (χ0) is 23.0. The number of rotatable bonds is 5. The lowest BCUT2D eigenvalue weighted by atomic mass is 9.66. The van der Waals surface area contributed by atoms with Gasteiger partial charge in [-0.15, -0.1) is 5.48 Å². The Morgan fingerprint density at radius 1 is 1.09 bits per heavy atom. The second-order valence-electron chi connectivity index (χ2n) is 9.14. The number of amides is 2. The van der Waals surface area contributed by atoms with Crippen LogP contribution in [-0.2, 0) is 9.63 Å². The molecule has 2 aliphatic rings. The highest BCUT2D eigenvalue weighted by atomic mass is 35.5. The minimum atomic E-state index is -0.723. The molecular weight excluding hydrogens is 449 g/mol. The van der Waals surface area contributed by atoms with Gasteiger partial charge in [-0.3, -0.25) is 4.79 Å². The summed E-state index contributed by atoms with van der Waals surface area (Å²) in [5, 5.41) is 4.03. The van der Waals surface area contributed by atoms with Crippen molar-refractivity contribution in [3.8, 4) is 0 Å². The highest BCUT2D eigenvalue weighted by molar-refractivity contribution is 6.30. The maximum atomic E-state index is 13.9. The molecule has 2 fully saturated rings. The molecule has 32 heavy (non-hydrogen) atoms. The third-order valence-corrected chi connectivity index (χ3v) is 6.87. The van der Waals surface area contributed by atoms with Crippen LogP contribution in [0.4, 0.5) is 4.79 Å². The molecule has 1 unspecified atom stereocenters. The van der Waals surface area contributed by atoms with E-state index in [-0.39, 0.29) is 23.9 Å². The molecule has 2 N–H and O–H groups in total. The molecule has 4 atom stereocenters. The number of halogens is 2. The van der Waals surface area contributed by atoms with Crippen LogP contribution in [-0.4, -0.2) is 29.1 Å². The van der Waals surface area contributed by atoms with Gasteiger partial charge in [0.05, 0.1) is 11.5 Å². The third-order valence-electron chi connectivity index (χ3n) is 6.39. The molecule has 0 aromatic heterocycles. The van der Waals surface area contributed by atoms with Crippen LogP contribution in [0.25, 0.3) is 0 Å². The van der Waals surface area contributed by atoms with Gasteiger partial charge in [0.15, 0.2) is 0 Å². The van der Waals surface area contributed by atoms with Crippen LogP contribution in [0.3, 0.4) is 0 Å². The van der Waals surface area contributed by atoms with E-state index < -0.39 is 17.7 Å². The molecule has 4 rings (SSSR count). The number of hydrogen-bond acceptors (Lipinski definition) is 4. The molecule has 2 aliphatic heterocycles. The third kappa shape index (κ3) is 4.45. The maximum absolute atomic E-state index is 13.9. The number of nitrogens with one attached hydrogen (secondary N) is 2. The molecule has 170 valence electrons. The first-order chi connectivity index (χ1) is 15.2. The summed E-state index contributed by atoms with van der Waals surface area (Å²) in [6.07, 6.45) is 0.0348. The van der Waals surface area contributed by atoms with Crippen molar-refractivity contribution >= 4 is 35.2 Å². The Balaban J connectivity index is 1.79. The molecule has 0 saturated carbocycles. The van der Waals surface area contributed by atoms with Gasteiger partial charge in [0.25, 0.3) is 0 Å². The topological polar surface area (TPSA) is 70.7 Å². The van der Waals surface area contributed by atoms with E-state index in [1.807, 2.05) is 68.1 Å². The van der Waals surface area contributed by atoms with Gasteiger partial charge in [-0.25, -0.2) is 4.79 Å². The molecule has 2 heterocycles. The van der Waals surface area contributed by atoms with Crippen LogP contribution in [0.2, 0.25) is 10.0 Å². The van der Waals surface area contributed by atoms with Gasteiger partial charge in [0, 0.05) is 22.0 Å². The van der Waals surface area contributed by atoms with Gasteiger partial charge < -0.3 is 15.1 Å². The van der Waals surface area contributed by atoms with Crippen molar-refractivity contribution in [1.29, 1.82) is 0 Å². The van der Waals surface area contributed by atoms with E-state index >= 15 is 0 Å². The van der Waals surface area contributed by atoms with Crippen LogP contribution in [0.1, 0.15) is 56.7 Å². The fraction of sp³-hybridized carbons (Fsp3) is 0.417. The SMILES string of the molecule is CC(C)N1C(=O)[C@@](C)(CC2NOC(=O)N2)C[C@H](c2cccc(Cl)c2)[C@H]1c1ccc(Cl)cc1. The van der Waals surface area contributed by atoms with E-state index in [1.165, 1.54) is 0 Å². The average Bonchev–Trinajstić information content (AvgIpc) is 3.14. The van der Waals surface area contributed by atoms with Crippen LogP contribution >= 0.6 is 23.2 Å². The van der Waals surface area contributed by atoms with E-state index in [1.54, 1.807) is 0 Å². The monoisotopic (exact) mass is 475 g/mol. The summed E-state index contributed by atoms with van der Waals surface area (Å²) < 4.78 is 0. The largest absolute Gasteiger partial charge is 0.427 e. The summed E-state index contributed by atoms with van der Waals surface area (Å²) in [4.78, 5) is 32.3. The van der Waals surface area contributed by atoms with Gasteiger partial charge in [-0.1, -0.05) is 54.4 Å². The van der Waals surface area contributed by atoms with Gasteiger partial charge in [-0.2, -0.15) is 0 Å². The summed E-state index contributed by atoms with van der Waals surface area (Å²) in [5.41, 5.74) is 4.06.